The van der Waals surface area contributed by atoms with Gasteiger partial charge in [-0.15, -0.1) is 0 Å². The molecule has 1 N–H and O–H groups in total. The maximum Gasteiger partial charge on any atom is 0.336 e. The minimum absolute atomic E-state index is 0.0303. The first kappa shape index (κ1) is 25.7. The molecule has 202 valence electrons. The van der Waals surface area contributed by atoms with Gasteiger partial charge in [0.25, 0.3) is 5.56 Å². The summed E-state index contributed by atoms with van der Waals surface area (Å²) in [6.45, 7) is 1.28. The summed E-state index contributed by atoms with van der Waals surface area (Å²) in [7, 11) is 1.39. The topological polar surface area (TPSA) is 94.3 Å². The van der Waals surface area contributed by atoms with Crippen LogP contribution in [0, 0.1) is 11.6 Å². The molecule has 9 nitrogen and oxygen atoms in total. The van der Waals surface area contributed by atoms with Crippen molar-refractivity contribution in [2.45, 2.75) is 31.5 Å². The normalized spacial score (nSPS) is 18.6. The second kappa shape index (κ2) is 9.89. The molecule has 0 spiro atoms. The number of halogens is 4. The predicted molar refractivity (Wildman–Crippen MR) is 144 cm³/mol. The number of fused-ring (bicyclic) bond motifs is 4. The van der Waals surface area contributed by atoms with Crippen LogP contribution < -0.4 is 26.2 Å². The Balaban J connectivity index is 1.64. The van der Waals surface area contributed by atoms with Gasteiger partial charge in [-0.25, -0.2) is 18.1 Å². The maximum absolute atomic E-state index is 14.3. The number of anilines is 1. The fourth-order valence-corrected chi connectivity index (χ4v) is 5.80. The van der Waals surface area contributed by atoms with Crippen molar-refractivity contribution >= 4 is 39.9 Å². The third kappa shape index (κ3) is 4.44. The monoisotopic (exact) mass is 574 g/mol. The largest absolute Gasteiger partial charge is 0.480 e. The number of pyridine rings is 2. The summed E-state index contributed by atoms with van der Waals surface area (Å²) in [4.78, 5) is 38.6. The second-order valence-corrected chi connectivity index (χ2v) is 10.5. The molecule has 13 heteroatoms. The third-order valence-electron chi connectivity index (χ3n) is 7.25. The first-order valence-electron chi connectivity index (χ1n) is 12.2. The number of aromatic nitrogens is 4. The lowest BCUT2D eigenvalue weighted by molar-refractivity contribution is 0.288. The Bertz CT molecular complexity index is 1710. The quantitative estimate of drug-likeness (QED) is 0.364. The van der Waals surface area contributed by atoms with Crippen LogP contribution in [0.3, 0.4) is 0 Å². The van der Waals surface area contributed by atoms with Crippen molar-refractivity contribution in [2.75, 3.05) is 25.1 Å². The molecule has 6 heterocycles. The standard InChI is InChI=1S/C26H22Cl2F2N6O3/c1-39-24-22-20(7-21(33-24)34-12-15-2-3-16(34)10-32-15)35(11-13-4-18(28)23(30)19(29)5-13)26(38)36(25(22)37)17-6-14(27)8-31-9-17/h4-9,15-16,32H,2-3,10-12H2,1H3/t15-,16-/m0/s1. The molecule has 1 aromatic carbocycles. The summed E-state index contributed by atoms with van der Waals surface area (Å²) < 4.78 is 35.9. The molecule has 2 atom stereocenters. The van der Waals surface area contributed by atoms with Gasteiger partial charge < -0.3 is 15.0 Å². The summed E-state index contributed by atoms with van der Waals surface area (Å²) in [6, 6.07) is 5.78. The Labute approximate surface area is 230 Å². The van der Waals surface area contributed by atoms with Crippen LogP contribution in [0.1, 0.15) is 18.4 Å². The zero-order valence-corrected chi connectivity index (χ0v) is 22.1. The number of nitrogens with one attached hydrogen (secondary N) is 1. The number of hydrogen-bond acceptors (Lipinski definition) is 7. The smallest absolute Gasteiger partial charge is 0.336 e. The van der Waals surface area contributed by atoms with Crippen molar-refractivity contribution in [1.82, 2.24) is 24.4 Å². The third-order valence-corrected chi connectivity index (χ3v) is 7.73. The summed E-state index contributed by atoms with van der Waals surface area (Å²) in [5.74, 6) is -1.76. The molecule has 0 radical (unpaired) electrons. The lowest BCUT2D eigenvalue weighted by atomic mass is 9.93. The van der Waals surface area contributed by atoms with Crippen LogP contribution in [0.25, 0.3) is 16.6 Å². The van der Waals surface area contributed by atoms with Crippen LogP contribution >= 0.6 is 23.2 Å². The summed E-state index contributed by atoms with van der Waals surface area (Å²) >= 11 is 12.0. The van der Waals surface area contributed by atoms with Gasteiger partial charge in [-0.2, -0.15) is 4.98 Å². The van der Waals surface area contributed by atoms with E-state index in [0.717, 1.165) is 30.0 Å². The molecule has 3 aromatic heterocycles. The van der Waals surface area contributed by atoms with Crippen LogP contribution in [-0.2, 0) is 6.54 Å². The van der Waals surface area contributed by atoms with Crippen molar-refractivity contribution in [1.29, 1.82) is 0 Å². The molecule has 3 fully saturated rings. The molecule has 2 bridgehead atoms. The Morgan fingerprint density at radius 2 is 1.95 bits per heavy atom. The van der Waals surface area contributed by atoms with Gasteiger partial charge in [-0.1, -0.05) is 23.2 Å². The zero-order chi connectivity index (χ0) is 27.4. The number of methoxy groups -OCH3 is 1. The van der Waals surface area contributed by atoms with Gasteiger partial charge in [0, 0.05) is 37.4 Å². The van der Waals surface area contributed by atoms with E-state index < -0.39 is 27.9 Å². The Hall–Kier alpha value is -3.54. The minimum atomic E-state index is -1.19. The lowest BCUT2D eigenvalue weighted by Gasteiger charge is -2.46. The van der Waals surface area contributed by atoms with Gasteiger partial charge in [-0.05, 0) is 36.6 Å². The molecule has 3 aliphatic heterocycles. The van der Waals surface area contributed by atoms with Gasteiger partial charge in [0.2, 0.25) is 5.88 Å². The number of piperazine rings is 1. The second-order valence-electron chi connectivity index (χ2n) is 9.62. The van der Waals surface area contributed by atoms with Gasteiger partial charge in [-0.3, -0.25) is 14.3 Å². The zero-order valence-electron chi connectivity index (χ0n) is 20.6. The fraction of sp³-hybridized carbons (Fsp3) is 0.308. The van der Waals surface area contributed by atoms with E-state index in [0.29, 0.717) is 18.4 Å². The molecule has 0 amide bonds. The van der Waals surface area contributed by atoms with Crippen molar-refractivity contribution in [3.05, 3.63) is 84.7 Å². The molecule has 0 saturated carbocycles. The highest BCUT2D eigenvalue weighted by Gasteiger charge is 2.35. The van der Waals surface area contributed by atoms with E-state index in [1.54, 1.807) is 6.07 Å². The van der Waals surface area contributed by atoms with Gasteiger partial charge >= 0.3 is 5.69 Å². The number of rotatable bonds is 5. The highest BCUT2D eigenvalue weighted by molar-refractivity contribution is 6.31. The van der Waals surface area contributed by atoms with Crippen LogP contribution in [0.15, 0.2) is 46.2 Å². The Kier molecular flexibility index (Phi) is 6.52. The highest BCUT2D eigenvalue weighted by Crippen LogP contribution is 2.32. The summed E-state index contributed by atoms with van der Waals surface area (Å²) in [6.07, 6.45) is 4.72. The molecule has 3 saturated heterocycles. The number of hydrogen-bond donors (Lipinski definition) is 1. The maximum atomic E-state index is 14.3. The number of ether oxygens (including phenoxy) is 1. The van der Waals surface area contributed by atoms with Crippen LogP contribution in [-0.4, -0.2) is 51.4 Å². The number of benzene rings is 1. The predicted octanol–water partition coefficient (Wildman–Crippen LogP) is 3.52. The van der Waals surface area contributed by atoms with E-state index in [1.165, 1.54) is 36.2 Å². The molecule has 7 rings (SSSR count). The molecule has 0 unspecified atom stereocenters. The van der Waals surface area contributed by atoms with Crippen molar-refractivity contribution in [2.24, 2.45) is 0 Å². The molecule has 4 aromatic rings. The van der Waals surface area contributed by atoms with E-state index in [1.807, 2.05) is 0 Å². The van der Waals surface area contributed by atoms with Crippen molar-refractivity contribution < 1.29 is 13.5 Å². The average Bonchev–Trinajstić information content (AvgIpc) is 2.94. The summed E-state index contributed by atoms with van der Waals surface area (Å²) in [5, 5.41) is 3.31. The lowest BCUT2D eigenvalue weighted by Crippen LogP contribution is -2.61. The Morgan fingerprint density at radius 3 is 2.59 bits per heavy atom. The average molecular weight is 575 g/mol. The van der Waals surface area contributed by atoms with Crippen LogP contribution in [0.4, 0.5) is 14.6 Å². The molecular weight excluding hydrogens is 553 g/mol. The van der Waals surface area contributed by atoms with Crippen molar-refractivity contribution in [3.8, 4) is 11.6 Å². The van der Waals surface area contributed by atoms with Crippen LogP contribution in [0.5, 0.6) is 5.88 Å². The fourth-order valence-electron chi connectivity index (χ4n) is 5.40. The molecule has 3 aliphatic rings. The molecular formula is C26H22Cl2F2N6O3. The van der Waals surface area contributed by atoms with E-state index in [4.69, 9.17) is 27.9 Å². The van der Waals surface area contributed by atoms with E-state index in [2.05, 4.69) is 20.2 Å². The van der Waals surface area contributed by atoms with Gasteiger partial charge in [0.1, 0.15) is 11.2 Å². The van der Waals surface area contributed by atoms with E-state index in [-0.39, 0.29) is 45.6 Å². The van der Waals surface area contributed by atoms with Crippen LogP contribution in [0.2, 0.25) is 10.0 Å². The SMILES string of the molecule is COc1nc(N2C[C@@H]3CC[C@H]2CN3)cc2c1c(=O)n(-c1cncc(Cl)c1)c(=O)n2Cc1cc(F)c(F)c(Cl)c1. The highest BCUT2D eigenvalue weighted by atomic mass is 35.5. The molecule has 39 heavy (non-hydrogen) atoms. The summed E-state index contributed by atoms with van der Waals surface area (Å²) in [5.41, 5.74) is -0.847. The minimum Gasteiger partial charge on any atom is -0.480 e. The van der Waals surface area contributed by atoms with Gasteiger partial charge in [0.15, 0.2) is 11.6 Å². The van der Waals surface area contributed by atoms with E-state index >= 15 is 0 Å². The Morgan fingerprint density at radius 1 is 1.13 bits per heavy atom. The van der Waals surface area contributed by atoms with Gasteiger partial charge in [0.05, 0.1) is 41.1 Å². The molecule has 0 aliphatic carbocycles. The number of nitrogens with zero attached hydrogens (tertiary/aromatic N) is 5. The van der Waals surface area contributed by atoms with E-state index in [9.17, 15) is 18.4 Å². The number of piperidine rings is 2. The first-order valence-corrected chi connectivity index (χ1v) is 13.0. The van der Waals surface area contributed by atoms with Crippen molar-refractivity contribution in [3.63, 3.8) is 0 Å². The first-order chi connectivity index (χ1) is 18.7.